The second-order valence-corrected chi connectivity index (χ2v) is 13.1. The zero-order valence-corrected chi connectivity index (χ0v) is 28.5. The van der Waals surface area contributed by atoms with Gasteiger partial charge in [0.25, 0.3) is 0 Å². The lowest BCUT2D eigenvalue weighted by Crippen LogP contribution is -2.40. The van der Waals surface area contributed by atoms with Gasteiger partial charge in [0.15, 0.2) is 17.1 Å². The van der Waals surface area contributed by atoms with Gasteiger partial charge in [-0.05, 0) is 87.8 Å². The summed E-state index contributed by atoms with van der Waals surface area (Å²) in [5.74, 6) is -0.467. The Morgan fingerprint density at radius 3 is 2.21 bits per heavy atom. The summed E-state index contributed by atoms with van der Waals surface area (Å²) in [6.07, 6.45) is 12.5. The number of carbonyl (C=O) groups excluding carboxylic acids is 2. The number of terminal acetylenes is 1. The quantitative estimate of drug-likeness (QED) is 0.158. The van der Waals surface area contributed by atoms with E-state index in [2.05, 4.69) is 30.5 Å². The third kappa shape index (κ3) is 7.76. The molecule has 8 nitrogen and oxygen atoms in total. The van der Waals surface area contributed by atoms with Crippen molar-refractivity contribution in [2.75, 3.05) is 27.2 Å². The molecule has 1 aromatic carbocycles. The van der Waals surface area contributed by atoms with Gasteiger partial charge in [-0.3, -0.25) is 14.5 Å². The Bertz CT molecular complexity index is 1450. The molecule has 1 spiro atoms. The van der Waals surface area contributed by atoms with Crippen molar-refractivity contribution >= 4 is 12.2 Å². The lowest BCUT2D eigenvalue weighted by atomic mass is 9.62. The summed E-state index contributed by atoms with van der Waals surface area (Å²) in [5, 5.41) is 24.1. The molecule has 0 aromatic heterocycles. The third-order valence-corrected chi connectivity index (χ3v) is 9.88. The number of aliphatic hydroxyl groups is 1. The number of phenolic OH excluding ortho intramolecular Hbond substituents is 1. The number of halogens is 3. The Labute approximate surface area is 282 Å². The number of aromatic hydroxyl groups is 1. The first-order valence-electron chi connectivity index (χ1n) is 16.6. The summed E-state index contributed by atoms with van der Waals surface area (Å²) in [7, 11) is 3.75. The fraction of sp³-hybridized carbons (Fsp3) is 0.568. The van der Waals surface area contributed by atoms with E-state index in [1.165, 1.54) is 25.7 Å². The molecule has 11 heteroatoms. The molecule has 3 fully saturated rings. The van der Waals surface area contributed by atoms with Crippen LogP contribution in [0, 0.1) is 30.6 Å². The van der Waals surface area contributed by atoms with Crippen molar-refractivity contribution in [1.82, 2.24) is 10.2 Å². The number of rotatable bonds is 5. The fourth-order valence-electron chi connectivity index (χ4n) is 7.02. The number of Topliss-reactive ketones (excluding diaryl/α,β-unsaturated/α-hetero) is 1. The molecule has 0 bridgehead atoms. The summed E-state index contributed by atoms with van der Waals surface area (Å²) < 4.78 is 49.7. The maximum atomic E-state index is 14.5. The number of alkyl halides is 3. The summed E-state index contributed by atoms with van der Waals surface area (Å²) in [4.78, 5) is 24.2. The van der Waals surface area contributed by atoms with E-state index in [4.69, 9.17) is 9.53 Å². The maximum absolute atomic E-state index is 14.5. The normalized spacial score (nSPS) is 24.5. The van der Waals surface area contributed by atoms with Gasteiger partial charge < -0.3 is 26.0 Å². The molecule has 2 saturated carbocycles. The van der Waals surface area contributed by atoms with Crippen LogP contribution in [-0.4, -0.2) is 60.1 Å². The molecule has 1 saturated heterocycles. The van der Waals surface area contributed by atoms with Gasteiger partial charge in [0, 0.05) is 36.6 Å². The smallest absolute Gasteiger partial charge is 0.417 e. The zero-order valence-electron chi connectivity index (χ0n) is 28.5. The number of epoxide rings is 1. The largest absolute Gasteiger partial charge is 0.512 e. The Hall–Kier alpha value is -3.75. The van der Waals surface area contributed by atoms with E-state index in [-0.39, 0.29) is 47.7 Å². The minimum Gasteiger partial charge on any atom is -0.512 e. The van der Waals surface area contributed by atoms with E-state index in [1.807, 2.05) is 25.9 Å². The lowest BCUT2D eigenvalue weighted by molar-refractivity contribution is -0.139. The number of phenols is 1. The highest BCUT2D eigenvalue weighted by Gasteiger charge is 2.68. The van der Waals surface area contributed by atoms with Crippen LogP contribution in [0.1, 0.15) is 92.3 Å². The van der Waals surface area contributed by atoms with Crippen molar-refractivity contribution in [3.05, 3.63) is 63.1 Å². The van der Waals surface area contributed by atoms with Crippen LogP contribution in [0.25, 0.3) is 0 Å². The third-order valence-electron chi connectivity index (χ3n) is 9.88. The van der Waals surface area contributed by atoms with Gasteiger partial charge in [0.05, 0.1) is 16.9 Å². The Morgan fingerprint density at radius 1 is 1.17 bits per heavy atom. The first-order chi connectivity index (χ1) is 22.8. The molecule has 1 aliphatic heterocycles. The Kier molecular flexibility index (Phi) is 13.0. The van der Waals surface area contributed by atoms with Crippen LogP contribution in [0.4, 0.5) is 13.2 Å². The van der Waals surface area contributed by atoms with Gasteiger partial charge in [0.2, 0.25) is 6.41 Å². The van der Waals surface area contributed by atoms with Crippen molar-refractivity contribution in [2.24, 2.45) is 23.5 Å². The SMILES string of the molecule is C#C.C1CCC1.C=C1C(C)=C(O)C[C@@H]2CC3Cc4c(c(O)cc(CN(CC)CC5CC5)c4C(F)(F)F)C(=O)C3=C3O[C@]132.CNC.NC=O. The molecule has 3 atom stereocenters. The lowest BCUT2D eigenvalue weighted by Gasteiger charge is -2.38. The molecule has 48 heavy (non-hydrogen) atoms. The number of hydrogen-bond donors (Lipinski definition) is 4. The number of nitrogens with one attached hydrogen (secondary N) is 1. The first-order valence-corrected chi connectivity index (χ1v) is 16.6. The number of nitrogens with zero attached hydrogens (tertiary/aromatic N) is 1. The van der Waals surface area contributed by atoms with E-state index in [9.17, 15) is 28.2 Å². The fourth-order valence-corrected chi connectivity index (χ4v) is 7.02. The van der Waals surface area contributed by atoms with Crippen molar-refractivity contribution in [1.29, 1.82) is 0 Å². The van der Waals surface area contributed by atoms with Crippen LogP contribution in [0.3, 0.4) is 0 Å². The van der Waals surface area contributed by atoms with Gasteiger partial charge in [-0.2, -0.15) is 13.2 Å². The summed E-state index contributed by atoms with van der Waals surface area (Å²) in [6.45, 7) is 9.17. The predicted octanol–water partition coefficient (Wildman–Crippen LogP) is 6.58. The number of primary amides is 1. The molecule has 1 heterocycles. The summed E-state index contributed by atoms with van der Waals surface area (Å²) in [5.41, 5.74) is 3.75. The number of hydrogen-bond acceptors (Lipinski definition) is 7. The summed E-state index contributed by atoms with van der Waals surface area (Å²) >= 11 is 0. The number of allylic oxidation sites excluding steroid dienone is 2. The van der Waals surface area contributed by atoms with Gasteiger partial charge in [0.1, 0.15) is 5.75 Å². The van der Waals surface area contributed by atoms with E-state index in [0.717, 1.165) is 25.5 Å². The first kappa shape index (κ1) is 38.7. The number of carbonyl (C=O) groups is 2. The van der Waals surface area contributed by atoms with Crippen molar-refractivity contribution in [2.45, 2.75) is 90.0 Å². The number of ketones is 1. The van der Waals surface area contributed by atoms with Crippen molar-refractivity contribution in [3.8, 4) is 18.6 Å². The van der Waals surface area contributed by atoms with Crippen molar-refractivity contribution < 1.29 is 37.7 Å². The van der Waals surface area contributed by atoms with Crippen LogP contribution < -0.4 is 11.1 Å². The highest BCUT2D eigenvalue weighted by molar-refractivity contribution is 6.14. The standard InChI is InChI=1S/C28H30F3NO4.C4H8.C2H7N.C2H2.CH3NO/c1-4-32(11-15-5-6-15)12-17-9-21(34)23-19(24(17)28(29,30)31)8-16-7-18-10-20(33)13(2)14(3)27(18)26(36-27)22(16)25(23)35;1-2-4-3-1;1-3-2;1-2;2-1-3/h9,15-16,18,33-34H,3-8,10-12H2,1-2H3;1-4H2;3H,1-2H3;1-2H;1H,(H2,2,3)/t16?,18-,27-;;;;/m0..../s1. The number of amides is 1. The number of nitrogens with two attached hydrogens (primary N) is 1. The predicted molar refractivity (Wildman–Crippen MR) is 180 cm³/mol. The molecule has 1 unspecified atom stereocenters. The maximum Gasteiger partial charge on any atom is 0.417 e. The number of fused-ring (bicyclic) bond motifs is 2. The summed E-state index contributed by atoms with van der Waals surface area (Å²) in [6, 6.07) is 1.14. The van der Waals surface area contributed by atoms with E-state index in [1.54, 1.807) is 6.92 Å². The molecule has 6 aliphatic rings. The number of aliphatic hydroxyl groups excluding tert-OH is 1. The topological polar surface area (TPSA) is 128 Å². The van der Waals surface area contributed by atoms with Crippen LogP contribution in [0.2, 0.25) is 0 Å². The van der Waals surface area contributed by atoms with Crippen LogP contribution in [-0.2, 0) is 28.7 Å². The van der Waals surface area contributed by atoms with E-state index >= 15 is 0 Å². The monoisotopic (exact) mass is 673 g/mol. The molecular formula is C37H50F3N3O5. The number of ether oxygens (including phenoxy) is 1. The molecule has 5 N–H and O–H groups in total. The molecule has 5 aliphatic carbocycles. The van der Waals surface area contributed by atoms with Gasteiger partial charge in [-0.1, -0.05) is 39.2 Å². The van der Waals surface area contributed by atoms with Gasteiger partial charge >= 0.3 is 6.18 Å². The highest BCUT2D eigenvalue weighted by atomic mass is 19.4. The minimum absolute atomic E-state index is 0.00320. The molecule has 1 aromatic rings. The minimum atomic E-state index is -4.66. The van der Waals surface area contributed by atoms with Crippen molar-refractivity contribution in [3.63, 3.8) is 0 Å². The van der Waals surface area contributed by atoms with Crippen LogP contribution in [0.15, 0.2) is 40.9 Å². The van der Waals surface area contributed by atoms with E-state index in [0.29, 0.717) is 47.8 Å². The Morgan fingerprint density at radius 2 is 1.73 bits per heavy atom. The highest BCUT2D eigenvalue weighted by Crippen LogP contribution is 2.66. The molecule has 264 valence electrons. The Balaban J connectivity index is 0.000000452. The second-order valence-electron chi connectivity index (χ2n) is 13.1. The van der Waals surface area contributed by atoms with Crippen LogP contribution >= 0.6 is 0 Å². The molecular weight excluding hydrogens is 623 g/mol. The van der Waals surface area contributed by atoms with Crippen LogP contribution in [0.5, 0.6) is 5.75 Å². The molecule has 7 rings (SSSR count). The molecule has 1 amide bonds. The second kappa shape index (κ2) is 16.1. The number of benzene rings is 1. The zero-order chi connectivity index (χ0) is 36.0. The molecule has 0 radical (unpaired) electrons. The van der Waals surface area contributed by atoms with Gasteiger partial charge in [-0.15, -0.1) is 12.8 Å². The average Bonchev–Trinajstić information content (AvgIpc) is 3.92. The van der Waals surface area contributed by atoms with E-state index < -0.39 is 34.8 Å². The van der Waals surface area contributed by atoms with Gasteiger partial charge in [-0.25, -0.2) is 0 Å². The average molecular weight is 674 g/mol.